The number of ether oxygens (including phenoxy) is 1. The summed E-state index contributed by atoms with van der Waals surface area (Å²) in [7, 11) is 0. The molecular formula is C27H38O. The lowest BCUT2D eigenvalue weighted by Gasteiger charge is -2.26. The van der Waals surface area contributed by atoms with Gasteiger partial charge in [0.05, 0.1) is 6.61 Å². The number of benzene rings is 1. The van der Waals surface area contributed by atoms with E-state index in [1.54, 1.807) is 0 Å². The van der Waals surface area contributed by atoms with Gasteiger partial charge >= 0.3 is 0 Å². The molecule has 28 heavy (non-hydrogen) atoms. The van der Waals surface area contributed by atoms with Crippen molar-refractivity contribution >= 4 is 0 Å². The molecule has 1 aromatic rings. The van der Waals surface area contributed by atoms with E-state index in [1.165, 1.54) is 63.4 Å². The van der Waals surface area contributed by atoms with Gasteiger partial charge in [-0.2, -0.15) is 0 Å². The average Bonchev–Trinajstić information content (AvgIpc) is 2.76. The summed E-state index contributed by atoms with van der Waals surface area (Å²) >= 11 is 0. The van der Waals surface area contributed by atoms with Gasteiger partial charge in [0.15, 0.2) is 0 Å². The second-order valence-electron chi connectivity index (χ2n) is 8.80. The van der Waals surface area contributed by atoms with Crippen molar-refractivity contribution in [2.75, 3.05) is 6.61 Å². The van der Waals surface area contributed by atoms with Crippen LogP contribution in [-0.4, -0.2) is 6.61 Å². The monoisotopic (exact) mass is 378 g/mol. The highest BCUT2D eigenvalue weighted by atomic mass is 16.5. The molecule has 0 heterocycles. The molecule has 152 valence electrons. The molecule has 1 aromatic carbocycles. The molecule has 3 rings (SSSR count). The summed E-state index contributed by atoms with van der Waals surface area (Å²) in [6.07, 6.45) is 17.5. The van der Waals surface area contributed by atoms with Gasteiger partial charge in [-0.15, -0.1) is 0 Å². The lowest BCUT2D eigenvalue weighted by Crippen LogP contribution is -2.12. The summed E-state index contributed by atoms with van der Waals surface area (Å²) in [6.45, 7) is 5.28. The SMILES string of the molecule is CCCOc1ccc(C2CCC(C#CC=CC3CCC(CC)CC3)CC2)cc1. The maximum atomic E-state index is 5.70. The number of allylic oxidation sites excluding steroid dienone is 2. The fourth-order valence-corrected chi connectivity index (χ4v) is 4.77. The molecule has 1 nitrogen and oxygen atoms in total. The third-order valence-corrected chi connectivity index (χ3v) is 6.76. The van der Waals surface area contributed by atoms with Gasteiger partial charge < -0.3 is 4.74 Å². The van der Waals surface area contributed by atoms with Gasteiger partial charge in [-0.05, 0) is 99.3 Å². The van der Waals surface area contributed by atoms with Gasteiger partial charge in [0.25, 0.3) is 0 Å². The zero-order chi connectivity index (χ0) is 19.6. The first-order chi connectivity index (χ1) is 13.8. The summed E-state index contributed by atoms with van der Waals surface area (Å²) in [6, 6.07) is 8.79. The molecule has 2 aliphatic rings. The standard InChI is InChI=1S/C27H38O/c1-3-21-28-27-19-17-26(18-20-27)25-15-13-24(14-16-25)8-6-5-7-23-11-9-22(4-2)10-12-23/h5,7,17-20,22-25H,3-4,9-16,21H2,1-2H3. The van der Waals surface area contributed by atoms with Crippen LogP contribution in [0.5, 0.6) is 5.75 Å². The molecule has 0 unspecified atom stereocenters. The van der Waals surface area contributed by atoms with E-state index in [9.17, 15) is 0 Å². The summed E-state index contributed by atoms with van der Waals surface area (Å²) in [5.41, 5.74) is 1.47. The van der Waals surface area contributed by atoms with Crippen molar-refractivity contribution < 1.29 is 4.74 Å². The van der Waals surface area contributed by atoms with Crippen LogP contribution in [0.25, 0.3) is 0 Å². The maximum Gasteiger partial charge on any atom is 0.119 e. The van der Waals surface area contributed by atoms with Crippen LogP contribution >= 0.6 is 0 Å². The third kappa shape index (κ3) is 6.44. The molecule has 0 bridgehead atoms. The Kier molecular flexibility index (Phi) is 8.53. The van der Waals surface area contributed by atoms with Crippen LogP contribution in [0.15, 0.2) is 36.4 Å². The predicted octanol–water partition coefficient (Wildman–Crippen LogP) is 7.53. The quantitative estimate of drug-likeness (QED) is 0.465. The maximum absolute atomic E-state index is 5.70. The van der Waals surface area contributed by atoms with Crippen LogP contribution in [0.4, 0.5) is 0 Å². The van der Waals surface area contributed by atoms with Crippen molar-refractivity contribution in [2.45, 2.75) is 84.0 Å². The van der Waals surface area contributed by atoms with Crippen LogP contribution in [-0.2, 0) is 0 Å². The molecule has 0 atom stereocenters. The summed E-state index contributed by atoms with van der Waals surface area (Å²) in [5, 5.41) is 0. The van der Waals surface area contributed by atoms with E-state index >= 15 is 0 Å². The van der Waals surface area contributed by atoms with Crippen molar-refractivity contribution in [1.29, 1.82) is 0 Å². The fraction of sp³-hybridized carbons (Fsp3) is 0.630. The van der Waals surface area contributed by atoms with Gasteiger partial charge in [-0.3, -0.25) is 0 Å². The highest BCUT2D eigenvalue weighted by Gasteiger charge is 2.21. The number of hydrogen-bond acceptors (Lipinski definition) is 1. The second kappa shape index (κ2) is 11.4. The van der Waals surface area contributed by atoms with E-state index in [2.05, 4.69) is 62.1 Å². The Morgan fingerprint density at radius 3 is 2.29 bits per heavy atom. The van der Waals surface area contributed by atoms with Gasteiger partial charge in [-0.25, -0.2) is 0 Å². The Morgan fingerprint density at radius 1 is 0.929 bits per heavy atom. The molecule has 0 aromatic heterocycles. The Balaban J connectivity index is 1.40. The van der Waals surface area contributed by atoms with Gasteiger partial charge in [0.1, 0.15) is 5.75 Å². The summed E-state index contributed by atoms with van der Waals surface area (Å²) < 4.78 is 5.70. The van der Waals surface area contributed by atoms with Crippen LogP contribution < -0.4 is 4.74 Å². The first kappa shape index (κ1) is 21.0. The first-order valence-corrected chi connectivity index (χ1v) is 11.7. The molecule has 0 aliphatic heterocycles. The van der Waals surface area contributed by atoms with Gasteiger partial charge in [0, 0.05) is 5.92 Å². The lowest BCUT2D eigenvalue weighted by atomic mass is 9.79. The molecule has 2 fully saturated rings. The van der Waals surface area contributed by atoms with Crippen LogP contribution in [0, 0.1) is 29.6 Å². The van der Waals surface area contributed by atoms with Crippen molar-refractivity contribution in [3.63, 3.8) is 0 Å². The van der Waals surface area contributed by atoms with Gasteiger partial charge in [-0.1, -0.05) is 50.3 Å². The van der Waals surface area contributed by atoms with E-state index in [0.29, 0.717) is 11.8 Å². The molecule has 0 saturated heterocycles. The zero-order valence-corrected chi connectivity index (χ0v) is 18.0. The van der Waals surface area contributed by atoms with Crippen molar-refractivity contribution in [3.05, 3.63) is 42.0 Å². The summed E-state index contributed by atoms with van der Waals surface area (Å²) in [4.78, 5) is 0. The molecule has 2 aliphatic carbocycles. The molecule has 0 amide bonds. The van der Waals surface area contributed by atoms with Crippen molar-refractivity contribution in [1.82, 2.24) is 0 Å². The molecule has 2 saturated carbocycles. The van der Waals surface area contributed by atoms with E-state index in [0.717, 1.165) is 30.6 Å². The average molecular weight is 379 g/mol. The molecule has 0 radical (unpaired) electrons. The molecule has 1 heteroatoms. The fourth-order valence-electron chi connectivity index (χ4n) is 4.77. The minimum absolute atomic E-state index is 0.587. The highest BCUT2D eigenvalue weighted by Crippen LogP contribution is 2.36. The van der Waals surface area contributed by atoms with Crippen molar-refractivity contribution in [2.24, 2.45) is 17.8 Å². The third-order valence-electron chi connectivity index (χ3n) is 6.76. The number of rotatable bonds is 6. The Morgan fingerprint density at radius 2 is 1.64 bits per heavy atom. The normalized spacial score (nSPS) is 27.9. The number of hydrogen-bond donors (Lipinski definition) is 0. The smallest absolute Gasteiger partial charge is 0.119 e. The molecule has 0 spiro atoms. The van der Waals surface area contributed by atoms with E-state index in [1.807, 2.05) is 0 Å². The predicted molar refractivity (Wildman–Crippen MR) is 120 cm³/mol. The molecular weight excluding hydrogens is 340 g/mol. The van der Waals surface area contributed by atoms with Crippen LogP contribution in [0.1, 0.15) is 89.5 Å². The van der Waals surface area contributed by atoms with Crippen LogP contribution in [0.2, 0.25) is 0 Å². The van der Waals surface area contributed by atoms with E-state index in [4.69, 9.17) is 4.74 Å². The largest absolute Gasteiger partial charge is 0.494 e. The van der Waals surface area contributed by atoms with Gasteiger partial charge in [0.2, 0.25) is 0 Å². The Hall–Kier alpha value is -1.68. The van der Waals surface area contributed by atoms with Crippen molar-refractivity contribution in [3.8, 4) is 17.6 Å². The molecule has 0 N–H and O–H groups in total. The second-order valence-corrected chi connectivity index (χ2v) is 8.80. The Labute approximate surface area is 173 Å². The highest BCUT2D eigenvalue weighted by molar-refractivity contribution is 5.30. The zero-order valence-electron chi connectivity index (χ0n) is 18.0. The minimum Gasteiger partial charge on any atom is -0.494 e. The Bertz CT molecular complexity index is 644. The topological polar surface area (TPSA) is 9.23 Å². The van der Waals surface area contributed by atoms with E-state index < -0.39 is 0 Å². The lowest BCUT2D eigenvalue weighted by molar-refractivity contribution is 0.304. The summed E-state index contributed by atoms with van der Waals surface area (Å²) in [5.74, 6) is 10.9. The minimum atomic E-state index is 0.587. The first-order valence-electron chi connectivity index (χ1n) is 11.7. The van der Waals surface area contributed by atoms with E-state index in [-0.39, 0.29) is 0 Å². The van der Waals surface area contributed by atoms with Crippen LogP contribution in [0.3, 0.4) is 0 Å².